The van der Waals surface area contributed by atoms with E-state index in [1.54, 1.807) is 6.92 Å². The monoisotopic (exact) mass is 294 g/mol. The van der Waals surface area contributed by atoms with E-state index >= 15 is 0 Å². The molecular formula is C16H26N2O3. The van der Waals surface area contributed by atoms with Gasteiger partial charge in [-0.25, -0.2) is 0 Å². The van der Waals surface area contributed by atoms with E-state index in [0.29, 0.717) is 12.2 Å². The summed E-state index contributed by atoms with van der Waals surface area (Å²) in [4.78, 5) is 11.9. The van der Waals surface area contributed by atoms with Crippen LogP contribution < -0.4 is 15.8 Å². The lowest BCUT2D eigenvalue weighted by Crippen LogP contribution is -2.53. The molecule has 1 amide bonds. The van der Waals surface area contributed by atoms with Crippen molar-refractivity contribution in [3.63, 3.8) is 0 Å². The Morgan fingerprint density at radius 2 is 2.24 bits per heavy atom. The normalized spacial score (nSPS) is 15.1. The number of aryl methyl sites for hydroxylation is 1. The number of rotatable bonds is 8. The first-order valence-electron chi connectivity index (χ1n) is 7.30. The molecular weight excluding hydrogens is 268 g/mol. The molecule has 0 aliphatic heterocycles. The van der Waals surface area contributed by atoms with Gasteiger partial charge in [-0.2, -0.15) is 0 Å². The Bertz CT molecular complexity index is 461. The van der Waals surface area contributed by atoms with E-state index in [1.165, 1.54) is 0 Å². The largest absolute Gasteiger partial charge is 0.491 e. The second-order valence-electron chi connectivity index (χ2n) is 5.66. The number of hydrogen-bond acceptors (Lipinski definition) is 4. The van der Waals surface area contributed by atoms with Gasteiger partial charge in [0, 0.05) is 6.54 Å². The van der Waals surface area contributed by atoms with Gasteiger partial charge in [-0.15, -0.1) is 0 Å². The van der Waals surface area contributed by atoms with Crippen molar-refractivity contribution in [2.24, 2.45) is 5.73 Å². The van der Waals surface area contributed by atoms with Crippen molar-refractivity contribution in [3.8, 4) is 5.75 Å². The molecule has 4 N–H and O–H groups in total. The fourth-order valence-corrected chi connectivity index (χ4v) is 2.00. The minimum Gasteiger partial charge on any atom is -0.491 e. The second kappa shape index (κ2) is 8.00. The lowest BCUT2D eigenvalue weighted by molar-refractivity contribution is -0.126. The quantitative estimate of drug-likeness (QED) is 0.676. The van der Waals surface area contributed by atoms with Gasteiger partial charge in [-0.1, -0.05) is 25.5 Å². The van der Waals surface area contributed by atoms with Crippen LogP contribution in [0.4, 0.5) is 0 Å². The van der Waals surface area contributed by atoms with Gasteiger partial charge in [0.05, 0.1) is 5.54 Å². The highest BCUT2D eigenvalue weighted by atomic mass is 16.5. The van der Waals surface area contributed by atoms with Crippen LogP contribution in [-0.2, 0) is 4.79 Å². The molecule has 0 fully saturated rings. The third-order valence-corrected chi connectivity index (χ3v) is 3.22. The summed E-state index contributed by atoms with van der Waals surface area (Å²) in [6.45, 7) is 5.89. The molecule has 1 aromatic rings. The zero-order valence-corrected chi connectivity index (χ0v) is 13.1. The predicted octanol–water partition coefficient (Wildman–Crippen LogP) is 1.37. The van der Waals surface area contributed by atoms with Gasteiger partial charge in [0.25, 0.3) is 0 Å². The first-order valence-corrected chi connectivity index (χ1v) is 7.30. The Kier molecular flexibility index (Phi) is 6.65. The van der Waals surface area contributed by atoms with Crippen LogP contribution in [-0.4, -0.2) is 35.8 Å². The number of amides is 1. The molecule has 0 heterocycles. The maximum atomic E-state index is 11.9. The maximum absolute atomic E-state index is 11.9. The standard InChI is InChI=1S/C16H26N2O3/c1-4-8-16(3,17)15(20)18-10-13(19)11-21-14-7-5-6-12(2)9-14/h5-7,9,13,19H,4,8,10-11,17H2,1-3H3,(H,18,20). The number of benzene rings is 1. The van der Waals surface area contributed by atoms with Crippen LogP contribution in [0.3, 0.4) is 0 Å². The first kappa shape index (κ1) is 17.5. The summed E-state index contributed by atoms with van der Waals surface area (Å²) in [6, 6.07) is 7.59. The van der Waals surface area contributed by atoms with Crippen LogP contribution in [0, 0.1) is 6.92 Å². The van der Waals surface area contributed by atoms with Crippen LogP contribution in [0.25, 0.3) is 0 Å². The summed E-state index contributed by atoms with van der Waals surface area (Å²) in [6.07, 6.45) is 0.667. The van der Waals surface area contributed by atoms with E-state index in [9.17, 15) is 9.90 Å². The number of hydrogen-bond donors (Lipinski definition) is 3. The highest BCUT2D eigenvalue weighted by Crippen LogP contribution is 2.12. The molecule has 1 rings (SSSR count). The van der Waals surface area contributed by atoms with Gasteiger partial charge in [-0.05, 0) is 38.0 Å². The van der Waals surface area contributed by atoms with Crippen LogP contribution >= 0.6 is 0 Å². The summed E-state index contributed by atoms with van der Waals surface area (Å²) in [5, 5.41) is 12.5. The van der Waals surface area contributed by atoms with Gasteiger partial charge in [0.1, 0.15) is 18.5 Å². The number of nitrogens with two attached hydrogens (primary N) is 1. The number of ether oxygens (including phenoxy) is 1. The zero-order valence-electron chi connectivity index (χ0n) is 13.1. The maximum Gasteiger partial charge on any atom is 0.239 e. The summed E-state index contributed by atoms with van der Waals surface area (Å²) in [7, 11) is 0. The molecule has 0 bridgehead atoms. The Hall–Kier alpha value is -1.59. The molecule has 0 spiro atoms. The molecule has 0 aliphatic rings. The third kappa shape index (κ3) is 6.14. The van der Waals surface area contributed by atoms with Crippen molar-refractivity contribution >= 4 is 5.91 Å². The first-order chi connectivity index (χ1) is 9.85. The smallest absolute Gasteiger partial charge is 0.239 e. The van der Waals surface area contributed by atoms with E-state index in [2.05, 4.69) is 5.32 Å². The Labute approximate surface area is 126 Å². The molecule has 21 heavy (non-hydrogen) atoms. The van der Waals surface area contributed by atoms with Crippen molar-refractivity contribution < 1.29 is 14.6 Å². The van der Waals surface area contributed by atoms with Crippen molar-refractivity contribution in [2.45, 2.75) is 45.3 Å². The Morgan fingerprint density at radius 1 is 1.52 bits per heavy atom. The van der Waals surface area contributed by atoms with E-state index in [4.69, 9.17) is 10.5 Å². The molecule has 0 aromatic heterocycles. The molecule has 1 aromatic carbocycles. The molecule has 0 saturated carbocycles. The fourth-order valence-electron chi connectivity index (χ4n) is 2.00. The van der Waals surface area contributed by atoms with Crippen LogP contribution in [0.1, 0.15) is 32.3 Å². The number of carbonyl (C=O) groups is 1. The second-order valence-corrected chi connectivity index (χ2v) is 5.66. The topological polar surface area (TPSA) is 84.6 Å². The van der Waals surface area contributed by atoms with Crippen molar-refractivity contribution in [3.05, 3.63) is 29.8 Å². The minimum absolute atomic E-state index is 0.124. The number of carbonyl (C=O) groups excluding carboxylic acids is 1. The summed E-state index contributed by atoms with van der Waals surface area (Å²) >= 11 is 0. The number of aliphatic hydroxyl groups is 1. The van der Waals surface area contributed by atoms with Crippen molar-refractivity contribution in [1.82, 2.24) is 5.32 Å². The van der Waals surface area contributed by atoms with Gasteiger partial charge < -0.3 is 20.9 Å². The Balaban J connectivity index is 2.34. The summed E-state index contributed by atoms with van der Waals surface area (Å²) in [5.41, 5.74) is 6.11. The molecule has 0 saturated heterocycles. The Morgan fingerprint density at radius 3 is 2.86 bits per heavy atom. The average Bonchev–Trinajstić information content (AvgIpc) is 2.42. The molecule has 2 atom stereocenters. The molecule has 118 valence electrons. The lowest BCUT2D eigenvalue weighted by Gasteiger charge is -2.23. The number of nitrogens with one attached hydrogen (secondary N) is 1. The third-order valence-electron chi connectivity index (χ3n) is 3.22. The predicted molar refractivity (Wildman–Crippen MR) is 83.2 cm³/mol. The fraction of sp³-hybridized carbons (Fsp3) is 0.562. The average molecular weight is 294 g/mol. The van der Waals surface area contributed by atoms with Crippen LogP contribution in [0.15, 0.2) is 24.3 Å². The SMILES string of the molecule is CCCC(C)(N)C(=O)NCC(O)COc1cccc(C)c1. The van der Waals surface area contributed by atoms with Gasteiger partial charge in [0.15, 0.2) is 0 Å². The van der Waals surface area contributed by atoms with Crippen molar-refractivity contribution in [1.29, 1.82) is 0 Å². The van der Waals surface area contributed by atoms with E-state index in [-0.39, 0.29) is 19.1 Å². The minimum atomic E-state index is -0.897. The van der Waals surface area contributed by atoms with Gasteiger partial charge in [-0.3, -0.25) is 4.79 Å². The van der Waals surface area contributed by atoms with Gasteiger partial charge in [0.2, 0.25) is 5.91 Å². The molecule has 2 unspecified atom stereocenters. The van der Waals surface area contributed by atoms with Gasteiger partial charge >= 0.3 is 0 Å². The van der Waals surface area contributed by atoms with Crippen molar-refractivity contribution in [2.75, 3.05) is 13.2 Å². The summed E-state index contributed by atoms with van der Waals surface area (Å²) in [5.74, 6) is 0.453. The van der Waals surface area contributed by atoms with Crippen LogP contribution in [0.2, 0.25) is 0 Å². The highest BCUT2D eigenvalue weighted by Gasteiger charge is 2.27. The highest BCUT2D eigenvalue weighted by molar-refractivity contribution is 5.85. The molecule has 0 radical (unpaired) electrons. The van der Waals surface area contributed by atoms with E-state index in [1.807, 2.05) is 38.1 Å². The van der Waals surface area contributed by atoms with Crippen LogP contribution in [0.5, 0.6) is 5.75 Å². The van der Waals surface area contributed by atoms with E-state index < -0.39 is 11.6 Å². The summed E-state index contributed by atoms with van der Waals surface area (Å²) < 4.78 is 5.48. The molecule has 0 aliphatic carbocycles. The zero-order chi connectivity index (χ0) is 15.9. The number of aliphatic hydroxyl groups excluding tert-OH is 1. The molecule has 5 nitrogen and oxygen atoms in total. The lowest BCUT2D eigenvalue weighted by atomic mass is 9.96. The molecule has 5 heteroatoms. The van der Waals surface area contributed by atoms with E-state index in [0.717, 1.165) is 12.0 Å².